The molecule has 0 saturated heterocycles. The predicted octanol–water partition coefficient (Wildman–Crippen LogP) is 1.32. The van der Waals surface area contributed by atoms with Gasteiger partial charge in [-0.05, 0) is 19.9 Å². The first-order valence-electron chi connectivity index (χ1n) is 5.64. The molecule has 0 fully saturated rings. The van der Waals surface area contributed by atoms with E-state index < -0.39 is 0 Å². The average molecular weight is 261 g/mol. The standard InChI is InChI=1S/C12H15N5O2/c1-7-4-9(12(13)16-18)6-10(14-7)19-11-5-8(2)15-17(11)3/h4-6,18H,1-3H3,(H2,13,16). The van der Waals surface area contributed by atoms with Crippen LogP contribution in [0.5, 0.6) is 11.8 Å². The Morgan fingerprint density at radius 3 is 2.63 bits per heavy atom. The monoisotopic (exact) mass is 261 g/mol. The molecule has 19 heavy (non-hydrogen) atoms. The zero-order valence-corrected chi connectivity index (χ0v) is 11.0. The van der Waals surface area contributed by atoms with Crippen molar-refractivity contribution in [1.82, 2.24) is 14.8 Å². The number of amidine groups is 1. The highest BCUT2D eigenvalue weighted by molar-refractivity contribution is 5.97. The molecular weight excluding hydrogens is 246 g/mol. The third-order valence-corrected chi connectivity index (χ3v) is 2.50. The maximum atomic E-state index is 8.69. The summed E-state index contributed by atoms with van der Waals surface area (Å²) in [5, 5.41) is 15.8. The van der Waals surface area contributed by atoms with Gasteiger partial charge in [0.05, 0.1) is 5.69 Å². The molecule has 2 rings (SSSR count). The van der Waals surface area contributed by atoms with Crippen LogP contribution in [0, 0.1) is 13.8 Å². The third-order valence-electron chi connectivity index (χ3n) is 2.50. The normalized spacial score (nSPS) is 11.6. The molecule has 7 nitrogen and oxygen atoms in total. The second-order valence-electron chi connectivity index (χ2n) is 4.17. The fourth-order valence-corrected chi connectivity index (χ4v) is 1.69. The van der Waals surface area contributed by atoms with E-state index in [0.29, 0.717) is 23.0 Å². The molecule has 0 unspecified atom stereocenters. The van der Waals surface area contributed by atoms with Crippen LogP contribution < -0.4 is 10.5 Å². The summed E-state index contributed by atoms with van der Waals surface area (Å²) in [6.45, 7) is 3.67. The maximum absolute atomic E-state index is 8.69. The molecule has 0 amide bonds. The summed E-state index contributed by atoms with van der Waals surface area (Å²) in [7, 11) is 1.78. The molecule has 2 aromatic heterocycles. The molecule has 3 N–H and O–H groups in total. The van der Waals surface area contributed by atoms with Gasteiger partial charge in [0, 0.05) is 30.4 Å². The molecule has 2 aromatic rings. The number of hydrogen-bond donors (Lipinski definition) is 2. The molecule has 0 spiro atoms. The quantitative estimate of drug-likeness (QED) is 0.376. The molecule has 0 atom stereocenters. The lowest BCUT2D eigenvalue weighted by molar-refractivity contribution is 0.318. The smallest absolute Gasteiger partial charge is 0.222 e. The Labute approximate surface area is 110 Å². The highest BCUT2D eigenvalue weighted by Gasteiger charge is 2.09. The Bertz CT molecular complexity index is 633. The first-order chi connectivity index (χ1) is 8.99. The number of oxime groups is 1. The second-order valence-corrected chi connectivity index (χ2v) is 4.17. The van der Waals surface area contributed by atoms with E-state index >= 15 is 0 Å². The van der Waals surface area contributed by atoms with E-state index in [9.17, 15) is 0 Å². The summed E-state index contributed by atoms with van der Waals surface area (Å²) in [5.41, 5.74) is 7.66. The molecule has 0 saturated carbocycles. The van der Waals surface area contributed by atoms with Gasteiger partial charge in [0.15, 0.2) is 5.84 Å². The Morgan fingerprint density at radius 2 is 2.05 bits per heavy atom. The Kier molecular flexibility index (Phi) is 3.37. The summed E-state index contributed by atoms with van der Waals surface area (Å²) >= 11 is 0. The van der Waals surface area contributed by atoms with Crippen LogP contribution in [0.4, 0.5) is 0 Å². The molecule has 100 valence electrons. The van der Waals surface area contributed by atoms with Gasteiger partial charge in [-0.25, -0.2) is 9.67 Å². The molecule has 0 aliphatic carbocycles. The second kappa shape index (κ2) is 4.97. The van der Waals surface area contributed by atoms with Gasteiger partial charge in [-0.15, -0.1) is 0 Å². The molecule has 7 heteroatoms. The van der Waals surface area contributed by atoms with Crippen LogP contribution in [-0.4, -0.2) is 25.8 Å². The van der Waals surface area contributed by atoms with Crippen LogP contribution >= 0.6 is 0 Å². The van der Waals surface area contributed by atoms with Gasteiger partial charge in [-0.1, -0.05) is 5.16 Å². The van der Waals surface area contributed by atoms with Crippen molar-refractivity contribution in [3.8, 4) is 11.8 Å². The highest BCUT2D eigenvalue weighted by Crippen LogP contribution is 2.21. The first-order valence-corrected chi connectivity index (χ1v) is 5.64. The molecule has 0 radical (unpaired) electrons. The van der Waals surface area contributed by atoms with Gasteiger partial charge in [0.1, 0.15) is 0 Å². The van der Waals surface area contributed by atoms with Crippen molar-refractivity contribution in [3.63, 3.8) is 0 Å². The number of hydrogen-bond acceptors (Lipinski definition) is 5. The van der Waals surface area contributed by atoms with E-state index in [2.05, 4.69) is 15.2 Å². The Hall–Kier alpha value is -2.57. The topological polar surface area (TPSA) is 98.5 Å². The number of aromatic nitrogens is 3. The minimum atomic E-state index is 0.0107. The van der Waals surface area contributed by atoms with Gasteiger partial charge in [-0.3, -0.25) is 0 Å². The van der Waals surface area contributed by atoms with E-state index in [-0.39, 0.29) is 5.84 Å². The fourth-order valence-electron chi connectivity index (χ4n) is 1.69. The molecule has 0 aliphatic rings. The number of nitrogens with zero attached hydrogens (tertiary/aromatic N) is 4. The molecule has 0 aromatic carbocycles. The van der Waals surface area contributed by atoms with E-state index in [0.717, 1.165) is 5.69 Å². The zero-order valence-electron chi connectivity index (χ0n) is 11.0. The fraction of sp³-hybridized carbons (Fsp3) is 0.250. The average Bonchev–Trinajstić information content (AvgIpc) is 2.66. The minimum Gasteiger partial charge on any atom is -0.421 e. The van der Waals surface area contributed by atoms with Crippen molar-refractivity contribution < 1.29 is 9.94 Å². The Balaban J connectivity index is 2.35. The lowest BCUT2D eigenvalue weighted by Gasteiger charge is -2.07. The van der Waals surface area contributed by atoms with Gasteiger partial charge >= 0.3 is 0 Å². The van der Waals surface area contributed by atoms with Crippen LogP contribution in [0.25, 0.3) is 0 Å². The summed E-state index contributed by atoms with van der Waals surface area (Å²) in [6.07, 6.45) is 0. The van der Waals surface area contributed by atoms with Crippen molar-refractivity contribution in [2.24, 2.45) is 17.9 Å². The van der Waals surface area contributed by atoms with Crippen LogP contribution in [0.2, 0.25) is 0 Å². The number of rotatable bonds is 3. The van der Waals surface area contributed by atoms with Crippen LogP contribution in [0.3, 0.4) is 0 Å². The van der Waals surface area contributed by atoms with E-state index in [1.54, 1.807) is 36.9 Å². The number of pyridine rings is 1. The van der Waals surface area contributed by atoms with Crippen molar-refractivity contribution in [3.05, 3.63) is 35.2 Å². The summed E-state index contributed by atoms with van der Waals surface area (Å²) in [4.78, 5) is 4.24. The molecular formula is C12H15N5O2. The lowest BCUT2D eigenvalue weighted by atomic mass is 10.2. The van der Waals surface area contributed by atoms with Crippen LogP contribution in [0.1, 0.15) is 17.0 Å². The maximum Gasteiger partial charge on any atom is 0.222 e. The Morgan fingerprint density at radius 1 is 1.32 bits per heavy atom. The summed E-state index contributed by atoms with van der Waals surface area (Å²) < 4.78 is 7.26. The largest absolute Gasteiger partial charge is 0.421 e. The molecule has 0 aliphatic heterocycles. The van der Waals surface area contributed by atoms with Gasteiger partial charge in [-0.2, -0.15) is 5.10 Å². The highest BCUT2D eigenvalue weighted by atomic mass is 16.5. The zero-order chi connectivity index (χ0) is 14.0. The van der Waals surface area contributed by atoms with E-state index in [4.69, 9.17) is 15.7 Å². The molecule has 0 bridgehead atoms. The van der Waals surface area contributed by atoms with Crippen molar-refractivity contribution >= 4 is 5.84 Å². The SMILES string of the molecule is Cc1cc(/C(N)=N/O)cc(Oc2cc(C)nn2C)n1. The van der Waals surface area contributed by atoms with Crippen molar-refractivity contribution in [1.29, 1.82) is 0 Å². The number of aryl methyl sites for hydroxylation is 3. The molecule has 2 heterocycles. The summed E-state index contributed by atoms with van der Waals surface area (Å²) in [5.74, 6) is 0.946. The van der Waals surface area contributed by atoms with Gasteiger partial charge in [0.2, 0.25) is 11.8 Å². The van der Waals surface area contributed by atoms with Gasteiger partial charge in [0.25, 0.3) is 0 Å². The van der Waals surface area contributed by atoms with Crippen molar-refractivity contribution in [2.75, 3.05) is 0 Å². The lowest BCUT2D eigenvalue weighted by Crippen LogP contribution is -2.13. The van der Waals surface area contributed by atoms with Crippen molar-refractivity contribution in [2.45, 2.75) is 13.8 Å². The van der Waals surface area contributed by atoms with Crippen LogP contribution in [0.15, 0.2) is 23.4 Å². The van der Waals surface area contributed by atoms with E-state index in [1.807, 2.05) is 6.92 Å². The van der Waals surface area contributed by atoms with Crippen LogP contribution in [-0.2, 0) is 7.05 Å². The number of ether oxygens (including phenoxy) is 1. The van der Waals surface area contributed by atoms with E-state index in [1.165, 1.54) is 0 Å². The van der Waals surface area contributed by atoms with Gasteiger partial charge < -0.3 is 15.7 Å². The predicted molar refractivity (Wildman–Crippen MR) is 69.5 cm³/mol. The first kappa shape index (κ1) is 12.9. The summed E-state index contributed by atoms with van der Waals surface area (Å²) in [6, 6.07) is 5.11. The third kappa shape index (κ3) is 2.82. The number of nitrogens with two attached hydrogens (primary N) is 1. The minimum absolute atomic E-state index is 0.0107.